The largest absolute Gasteiger partial charge is 0.343 e. The second-order valence-electron chi connectivity index (χ2n) is 5.81. The van der Waals surface area contributed by atoms with Gasteiger partial charge in [0.25, 0.3) is 0 Å². The van der Waals surface area contributed by atoms with Crippen molar-refractivity contribution in [3.63, 3.8) is 0 Å². The van der Waals surface area contributed by atoms with Crippen molar-refractivity contribution in [2.24, 2.45) is 0 Å². The lowest BCUT2D eigenvalue weighted by atomic mass is 9.93. The maximum atomic E-state index is 12.3. The van der Waals surface area contributed by atoms with E-state index in [-0.39, 0.29) is 11.4 Å². The summed E-state index contributed by atoms with van der Waals surface area (Å²) < 4.78 is 0. The fraction of sp³-hybridized carbons (Fsp3) is 0.923. The van der Waals surface area contributed by atoms with Crippen LogP contribution in [0.4, 0.5) is 0 Å². The highest BCUT2D eigenvalue weighted by molar-refractivity contribution is 5.86. The molecule has 0 bridgehead atoms. The van der Waals surface area contributed by atoms with E-state index >= 15 is 0 Å². The topological polar surface area (TPSA) is 35.6 Å². The third-order valence-electron chi connectivity index (χ3n) is 4.25. The van der Waals surface area contributed by atoms with Crippen molar-refractivity contribution in [1.29, 1.82) is 0 Å². The van der Waals surface area contributed by atoms with E-state index in [1.807, 2.05) is 11.9 Å². The van der Waals surface area contributed by atoms with Crippen molar-refractivity contribution in [1.82, 2.24) is 15.1 Å². The van der Waals surface area contributed by atoms with Crippen molar-refractivity contribution >= 4 is 5.91 Å². The second kappa shape index (κ2) is 4.94. The molecule has 0 radical (unpaired) electrons. The van der Waals surface area contributed by atoms with Crippen LogP contribution in [0, 0.1) is 0 Å². The molecule has 0 aromatic rings. The number of hydrogen-bond acceptors (Lipinski definition) is 3. The molecule has 2 aliphatic heterocycles. The van der Waals surface area contributed by atoms with Gasteiger partial charge in [0, 0.05) is 26.2 Å². The Balaban J connectivity index is 2.11. The van der Waals surface area contributed by atoms with Crippen LogP contribution in [-0.4, -0.2) is 60.5 Å². The molecular formula is C13H25N3O. The molecule has 2 aliphatic rings. The number of likely N-dealkylation sites (N-methyl/N-ethyl adjacent to an activating group) is 1. The number of nitrogens with one attached hydrogen (secondary N) is 1. The molecule has 0 spiro atoms. The average Bonchev–Trinajstić information content (AvgIpc) is 2.55. The van der Waals surface area contributed by atoms with Crippen molar-refractivity contribution in [3.8, 4) is 0 Å². The monoisotopic (exact) mass is 239 g/mol. The number of amides is 1. The first kappa shape index (κ1) is 12.8. The summed E-state index contributed by atoms with van der Waals surface area (Å²) >= 11 is 0. The number of piperazine rings is 1. The highest BCUT2D eigenvalue weighted by Gasteiger charge is 2.43. The van der Waals surface area contributed by atoms with Gasteiger partial charge in [-0.1, -0.05) is 0 Å². The Hall–Kier alpha value is -0.610. The molecule has 98 valence electrons. The number of carbonyl (C=O) groups excluding carboxylic acids is 1. The first-order valence-electron chi connectivity index (χ1n) is 6.76. The van der Waals surface area contributed by atoms with Gasteiger partial charge in [-0.3, -0.25) is 9.69 Å². The van der Waals surface area contributed by atoms with Crippen LogP contribution >= 0.6 is 0 Å². The van der Waals surface area contributed by atoms with E-state index in [1.165, 1.54) is 19.3 Å². The lowest BCUT2D eigenvalue weighted by Crippen LogP contribution is -2.64. The normalized spacial score (nSPS) is 31.4. The van der Waals surface area contributed by atoms with Crippen molar-refractivity contribution in [2.45, 2.75) is 44.7 Å². The Morgan fingerprint density at radius 3 is 2.76 bits per heavy atom. The van der Waals surface area contributed by atoms with Gasteiger partial charge in [-0.15, -0.1) is 0 Å². The van der Waals surface area contributed by atoms with Crippen LogP contribution in [0.2, 0.25) is 0 Å². The molecule has 4 nitrogen and oxygen atoms in total. The van der Waals surface area contributed by atoms with Gasteiger partial charge >= 0.3 is 0 Å². The van der Waals surface area contributed by atoms with Gasteiger partial charge in [-0.05, 0) is 46.2 Å². The maximum absolute atomic E-state index is 12.3. The van der Waals surface area contributed by atoms with Crippen LogP contribution in [-0.2, 0) is 4.79 Å². The van der Waals surface area contributed by atoms with Crippen molar-refractivity contribution < 1.29 is 4.79 Å². The molecule has 0 aromatic carbocycles. The molecule has 1 atom stereocenters. The number of nitrogens with zero attached hydrogens (tertiary/aromatic N) is 2. The molecule has 0 aromatic heterocycles. The molecule has 1 N–H and O–H groups in total. The van der Waals surface area contributed by atoms with Gasteiger partial charge in [0.2, 0.25) is 5.91 Å². The zero-order chi connectivity index (χ0) is 12.5. The van der Waals surface area contributed by atoms with Crippen LogP contribution < -0.4 is 5.32 Å². The Morgan fingerprint density at radius 1 is 1.24 bits per heavy atom. The third-order valence-corrected chi connectivity index (χ3v) is 4.25. The standard InChI is InChI=1S/C13H25N3O/c1-13(2)12(17)15(3)9-10-16(13)11-5-4-7-14-8-6-11/h11,14H,4-10H2,1-3H3. The van der Waals surface area contributed by atoms with E-state index in [0.29, 0.717) is 6.04 Å². The summed E-state index contributed by atoms with van der Waals surface area (Å²) in [5.41, 5.74) is -0.331. The zero-order valence-electron chi connectivity index (χ0n) is 11.3. The molecule has 2 saturated heterocycles. The molecule has 17 heavy (non-hydrogen) atoms. The van der Waals surface area contributed by atoms with Crippen molar-refractivity contribution in [2.75, 3.05) is 33.2 Å². The molecule has 2 fully saturated rings. The average molecular weight is 239 g/mol. The molecule has 1 unspecified atom stereocenters. The van der Waals surface area contributed by atoms with Crippen molar-refractivity contribution in [3.05, 3.63) is 0 Å². The van der Waals surface area contributed by atoms with Gasteiger partial charge in [-0.2, -0.15) is 0 Å². The van der Waals surface area contributed by atoms with Crippen LogP contribution in [0.3, 0.4) is 0 Å². The number of rotatable bonds is 1. The first-order valence-corrected chi connectivity index (χ1v) is 6.76. The summed E-state index contributed by atoms with van der Waals surface area (Å²) in [5, 5.41) is 3.44. The molecule has 1 amide bonds. The van der Waals surface area contributed by atoms with Gasteiger partial charge in [0.15, 0.2) is 0 Å². The fourth-order valence-electron chi connectivity index (χ4n) is 3.18. The van der Waals surface area contributed by atoms with E-state index in [1.54, 1.807) is 0 Å². The summed E-state index contributed by atoms with van der Waals surface area (Å²) in [6.07, 6.45) is 3.61. The zero-order valence-corrected chi connectivity index (χ0v) is 11.3. The Labute approximate surface area is 104 Å². The Morgan fingerprint density at radius 2 is 2.00 bits per heavy atom. The fourth-order valence-corrected chi connectivity index (χ4v) is 3.18. The predicted molar refractivity (Wildman–Crippen MR) is 68.9 cm³/mol. The van der Waals surface area contributed by atoms with Gasteiger partial charge in [0.1, 0.15) is 0 Å². The van der Waals surface area contributed by atoms with Gasteiger partial charge in [0.05, 0.1) is 5.54 Å². The van der Waals surface area contributed by atoms with E-state index < -0.39 is 0 Å². The summed E-state index contributed by atoms with van der Waals surface area (Å²) in [6, 6.07) is 0.567. The summed E-state index contributed by atoms with van der Waals surface area (Å²) in [4.78, 5) is 16.6. The highest BCUT2D eigenvalue weighted by atomic mass is 16.2. The van der Waals surface area contributed by atoms with E-state index in [2.05, 4.69) is 24.1 Å². The van der Waals surface area contributed by atoms with Crippen LogP contribution in [0.5, 0.6) is 0 Å². The van der Waals surface area contributed by atoms with Crippen LogP contribution in [0.15, 0.2) is 0 Å². The molecule has 0 saturated carbocycles. The minimum absolute atomic E-state index is 0.265. The molecule has 0 aliphatic carbocycles. The van der Waals surface area contributed by atoms with Crippen LogP contribution in [0.25, 0.3) is 0 Å². The maximum Gasteiger partial charge on any atom is 0.242 e. The molecule has 2 heterocycles. The van der Waals surface area contributed by atoms with Gasteiger partial charge < -0.3 is 10.2 Å². The van der Waals surface area contributed by atoms with E-state index in [0.717, 1.165) is 26.2 Å². The summed E-state index contributed by atoms with van der Waals surface area (Å²) in [6.45, 7) is 8.23. The Kier molecular flexibility index (Phi) is 3.73. The SMILES string of the molecule is CN1CCN(C2CCCNCC2)C(C)(C)C1=O. The molecule has 4 heteroatoms. The lowest BCUT2D eigenvalue weighted by molar-refractivity contribution is -0.149. The lowest BCUT2D eigenvalue weighted by Gasteiger charge is -2.48. The minimum Gasteiger partial charge on any atom is -0.343 e. The quantitative estimate of drug-likeness (QED) is 0.731. The second-order valence-corrected chi connectivity index (χ2v) is 5.81. The number of hydrogen-bond donors (Lipinski definition) is 1. The van der Waals surface area contributed by atoms with E-state index in [4.69, 9.17) is 0 Å². The first-order chi connectivity index (χ1) is 8.03. The summed E-state index contributed by atoms with van der Waals surface area (Å²) in [5.74, 6) is 0.265. The van der Waals surface area contributed by atoms with E-state index in [9.17, 15) is 4.79 Å². The third kappa shape index (κ3) is 2.47. The van der Waals surface area contributed by atoms with Crippen LogP contribution in [0.1, 0.15) is 33.1 Å². The highest BCUT2D eigenvalue weighted by Crippen LogP contribution is 2.27. The smallest absolute Gasteiger partial charge is 0.242 e. The molecule has 2 rings (SSSR count). The molecular weight excluding hydrogens is 214 g/mol. The number of carbonyl (C=O) groups is 1. The summed E-state index contributed by atoms with van der Waals surface area (Å²) in [7, 11) is 1.91. The Bertz CT molecular complexity index is 282. The van der Waals surface area contributed by atoms with Gasteiger partial charge in [-0.25, -0.2) is 0 Å². The predicted octanol–water partition coefficient (Wildman–Crippen LogP) is 0.681. The minimum atomic E-state index is -0.331.